The second-order valence-corrected chi connectivity index (χ2v) is 3.10. The van der Waals surface area contributed by atoms with Crippen molar-refractivity contribution in [3.63, 3.8) is 0 Å². The zero-order valence-electron chi connectivity index (χ0n) is 8.14. The van der Waals surface area contributed by atoms with Crippen molar-refractivity contribution in [2.45, 2.75) is 18.4 Å². The lowest BCUT2D eigenvalue weighted by molar-refractivity contribution is -0.155. The van der Waals surface area contributed by atoms with Gasteiger partial charge in [-0.2, -0.15) is 26.3 Å². The zero-order chi connectivity index (χ0) is 12.6. The average Bonchev–Trinajstić information content (AvgIpc) is 2.14. The number of benzene rings is 1. The van der Waals surface area contributed by atoms with Crippen molar-refractivity contribution < 1.29 is 26.3 Å². The van der Waals surface area contributed by atoms with Gasteiger partial charge in [-0.05, 0) is 11.6 Å². The molecule has 0 radical (unpaired) electrons. The third kappa shape index (κ3) is 3.78. The van der Waals surface area contributed by atoms with Gasteiger partial charge in [0.1, 0.15) is 6.04 Å². The molecule has 8 heteroatoms. The molecule has 0 amide bonds. The lowest BCUT2D eigenvalue weighted by Crippen LogP contribution is -2.30. The highest BCUT2D eigenvalue weighted by Gasteiger charge is 2.43. The lowest BCUT2D eigenvalue weighted by Gasteiger charge is -2.20. The van der Waals surface area contributed by atoms with E-state index in [1.807, 2.05) is 0 Å². The Morgan fingerprint density at radius 3 is 1.82 bits per heavy atom. The zero-order valence-corrected chi connectivity index (χ0v) is 8.96. The number of alkyl halides is 6. The topological polar surface area (TPSA) is 26.0 Å². The van der Waals surface area contributed by atoms with Crippen molar-refractivity contribution >= 4 is 12.4 Å². The predicted octanol–water partition coefficient (Wildman–Crippen LogP) is 3.69. The van der Waals surface area contributed by atoms with Crippen molar-refractivity contribution in [2.75, 3.05) is 0 Å². The van der Waals surface area contributed by atoms with E-state index >= 15 is 0 Å². The van der Waals surface area contributed by atoms with Gasteiger partial charge in [0.15, 0.2) is 0 Å². The Hall–Kier alpha value is -0.950. The maximum atomic E-state index is 12.4. The largest absolute Gasteiger partial charge is 0.416 e. The Morgan fingerprint density at radius 2 is 1.41 bits per heavy atom. The molecule has 2 N–H and O–H groups in total. The van der Waals surface area contributed by atoms with Gasteiger partial charge >= 0.3 is 12.4 Å². The summed E-state index contributed by atoms with van der Waals surface area (Å²) in [4.78, 5) is 0. The van der Waals surface area contributed by atoms with Gasteiger partial charge in [0.25, 0.3) is 0 Å². The number of hydrogen-bond donors (Lipinski definition) is 1. The lowest BCUT2D eigenvalue weighted by atomic mass is 10.0. The fourth-order valence-corrected chi connectivity index (χ4v) is 1.20. The average molecular weight is 280 g/mol. The van der Waals surface area contributed by atoms with E-state index in [1.165, 1.54) is 0 Å². The number of nitrogens with two attached hydrogens (primary N) is 1. The molecule has 0 fully saturated rings. The molecule has 0 aliphatic carbocycles. The Labute approximate surface area is 99.0 Å². The fraction of sp³-hybridized carbons (Fsp3) is 0.333. The minimum atomic E-state index is -4.90. The van der Waals surface area contributed by atoms with Gasteiger partial charge in [0.05, 0.1) is 5.56 Å². The van der Waals surface area contributed by atoms with E-state index in [4.69, 9.17) is 5.73 Å². The molecule has 0 unspecified atom stereocenters. The van der Waals surface area contributed by atoms with Crippen LogP contribution in [0.25, 0.3) is 0 Å². The highest BCUT2D eigenvalue weighted by atomic mass is 35.5. The summed E-state index contributed by atoms with van der Waals surface area (Å²) in [5.41, 5.74) is 2.41. The quantitative estimate of drug-likeness (QED) is 0.780. The Balaban J connectivity index is 0.00000256. The van der Waals surface area contributed by atoms with Crippen molar-refractivity contribution in [1.29, 1.82) is 0 Å². The van der Waals surface area contributed by atoms with Gasteiger partial charge in [-0.15, -0.1) is 12.4 Å². The molecule has 0 aliphatic rings. The maximum absolute atomic E-state index is 12.4. The molecular formula is C9H8ClF6N. The van der Waals surface area contributed by atoms with Crippen LogP contribution in [-0.2, 0) is 6.18 Å². The molecule has 17 heavy (non-hydrogen) atoms. The summed E-state index contributed by atoms with van der Waals surface area (Å²) in [7, 11) is 0. The molecule has 0 heterocycles. The van der Waals surface area contributed by atoms with Crippen LogP contribution in [0.15, 0.2) is 24.3 Å². The van der Waals surface area contributed by atoms with Crippen molar-refractivity contribution in [2.24, 2.45) is 5.73 Å². The van der Waals surface area contributed by atoms with Crippen LogP contribution in [-0.4, -0.2) is 6.18 Å². The smallest absolute Gasteiger partial charge is 0.316 e. The van der Waals surface area contributed by atoms with E-state index in [0.717, 1.165) is 18.2 Å². The molecule has 0 aliphatic heterocycles. The molecule has 0 saturated heterocycles. The molecule has 1 aromatic rings. The fourth-order valence-electron chi connectivity index (χ4n) is 1.20. The molecule has 1 rings (SSSR count). The van der Waals surface area contributed by atoms with E-state index in [1.54, 1.807) is 0 Å². The van der Waals surface area contributed by atoms with Gasteiger partial charge in [-0.25, -0.2) is 0 Å². The summed E-state index contributed by atoms with van der Waals surface area (Å²) in [6.07, 6.45) is -9.75. The second kappa shape index (κ2) is 5.14. The molecule has 0 bridgehead atoms. The van der Waals surface area contributed by atoms with Crippen LogP contribution in [0.4, 0.5) is 26.3 Å². The van der Waals surface area contributed by atoms with E-state index in [9.17, 15) is 26.3 Å². The SMILES string of the molecule is Cl.N[C@H](c1ccccc1C(F)(F)F)C(F)(F)F. The number of halogens is 7. The minimum Gasteiger partial charge on any atom is -0.316 e. The molecule has 0 spiro atoms. The minimum absolute atomic E-state index is 0. The summed E-state index contributed by atoms with van der Waals surface area (Å²) < 4.78 is 73.8. The van der Waals surface area contributed by atoms with Crippen LogP contribution < -0.4 is 5.73 Å². The summed E-state index contributed by atoms with van der Waals surface area (Å²) in [5, 5.41) is 0. The van der Waals surface area contributed by atoms with E-state index < -0.39 is 29.5 Å². The van der Waals surface area contributed by atoms with Crippen molar-refractivity contribution in [1.82, 2.24) is 0 Å². The van der Waals surface area contributed by atoms with Crippen LogP contribution in [0.5, 0.6) is 0 Å². The van der Waals surface area contributed by atoms with Crippen molar-refractivity contribution in [3.8, 4) is 0 Å². The van der Waals surface area contributed by atoms with Gasteiger partial charge in [-0.3, -0.25) is 0 Å². The number of rotatable bonds is 1. The van der Waals surface area contributed by atoms with E-state index in [-0.39, 0.29) is 12.4 Å². The molecule has 0 saturated carbocycles. The van der Waals surface area contributed by atoms with E-state index in [2.05, 4.69) is 0 Å². The predicted molar refractivity (Wildman–Crippen MR) is 51.7 cm³/mol. The first-order valence-electron chi connectivity index (χ1n) is 4.12. The van der Waals surface area contributed by atoms with Crippen LogP contribution in [0.1, 0.15) is 17.2 Å². The van der Waals surface area contributed by atoms with Crippen molar-refractivity contribution in [3.05, 3.63) is 35.4 Å². The summed E-state index contributed by atoms with van der Waals surface area (Å²) >= 11 is 0. The molecule has 98 valence electrons. The molecule has 1 aromatic carbocycles. The van der Waals surface area contributed by atoms with E-state index in [0.29, 0.717) is 6.07 Å². The first-order chi connectivity index (χ1) is 7.14. The van der Waals surface area contributed by atoms with Crippen LogP contribution >= 0.6 is 12.4 Å². The molecule has 1 nitrogen and oxygen atoms in total. The van der Waals surface area contributed by atoms with Gasteiger partial charge in [-0.1, -0.05) is 18.2 Å². The Bertz CT molecular complexity index is 372. The summed E-state index contributed by atoms with van der Waals surface area (Å²) in [5.74, 6) is 0. The Morgan fingerprint density at radius 1 is 0.941 bits per heavy atom. The Kier molecular flexibility index (Phi) is 4.85. The number of hydrogen-bond acceptors (Lipinski definition) is 1. The normalized spacial score (nSPS) is 14.1. The summed E-state index contributed by atoms with van der Waals surface area (Å²) in [6, 6.07) is 0.748. The van der Waals surface area contributed by atoms with Crippen LogP contribution in [0, 0.1) is 0 Å². The summed E-state index contributed by atoms with van der Waals surface area (Å²) in [6.45, 7) is 0. The second-order valence-electron chi connectivity index (χ2n) is 3.10. The maximum Gasteiger partial charge on any atom is 0.416 e. The standard InChI is InChI=1S/C9H7F6N.ClH/c10-8(11,12)6-4-2-1-3-5(6)7(16)9(13,14)15;/h1-4,7H,16H2;1H/t7-;/m1./s1. The molecular weight excluding hydrogens is 272 g/mol. The first kappa shape index (κ1) is 16.1. The molecule has 1 atom stereocenters. The van der Waals surface area contributed by atoms with Gasteiger partial charge in [0, 0.05) is 0 Å². The molecule has 0 aromatic heterocycles. The third-order valence-electron chi connectivity index (χ3n) is 1.95. The highest BCUT2D eigenvalue weighted by molar-refractivity contribution is 5.85. The highest BCUT2D eigenvalue weighted by Crippen LogP contribution is 2.38. The van der Waals surface area contributed by atoms with Gasteiger partial charge in [0.2, 0.25) is 0 Å². The van der Waals surface area contributed by atoms with Crippen LogP contribution in [0.3, 0.4) is 0 Å². The van der Waals surface area contributed by atoms with Gasteiger partial charge < -0.3 is 5.73 Å². The van der Waals surface area contributed by atoms with Crippen LogP contribution in [0.2, 0.25) is 0 Å². The monoisotopic (exact) mass is 279 g/mol. The third-order valence-corrected chi connectivity index (χ3v) is 1.95. The first-order valence-corrected chi connectivity index (χ1v) is 4.12.